The molecule has 3 N–H and O–H groups in total. The lowest BCUT2D eigenvalue weighted by Gasteiger charge is -2.20. The molecular formula is C43H85NO3. The van der Waals surface area contributed by atoms with E-state index in [1.807, 2.05) is 6.08 Å². The maximum Gasteiger partial charge on any atom is 0.220 e. The van der Waals surface area contributed by atoms with Gasteiger partial charge >= 0.3 is 0 Å². The molecule has 0 aromatic heterocycles. The van der Waals surface area contributed by atoms with Crippen LogP contribution in [-0.4, -0.2) is 34.9 Å². The molecule has 0 aliphatic heterocycles. The van der Waals surface area contributed by atoms with Crippen LogP contribution >= 0.6 is 0 Å². The lowest BCUT2D eigenvalue weighted by Crippen LogP contribution is -2.45. The van der Waals surface area contributed by atoms with Crippen molar-refractivity contribution < 1.29 is 15.0 Å². The van der Waals surface area contributed by atoms with E-state index in [1.54, 1.807) is 6.08 Å². The van der Waals surface area contributed by atoms with Crippen LogP contribution in [0.25, 0.3) is 0 Å². The predicted molar refractivity (Wildman–Crippen MR) is 207 cm³/mol. The number of amides is 1. The number of aliphatic hydroxyl groups excluding tert-OH is 2. The molecule has 0 saturated heterocycles. The molecule has 0 heterocycles. The van der Waals surface area contributed by atoms with Crippen LogP contribution in [0.15, 0.2) is 12.2 Å². The summed E-state index contributed by atoms with van der Waals surface area (Å²) in [6.07, 6.45) is 49.1. The van der Waals surface area contributed by atoms with E-state index in [2.05, 4.69) is 19.2 Å². The van der Waals surface area contributed by atoms with Gasteiger partial charge in [-0.3, -0.25) is 4.79 Å². The van der Waals surface area contributed by atoms with E-state index in [1.165, 1.54) is 193 Å². The Balaban J connectivity index is 3.43. The Morgan fingerprint density at radius 1 is 0.489 bits per heavy atom. The Labute approximate surface area is 295 Å². The fourth-order valence-electron chi connectivity index (χ4n) is 6.71. The van der Waals surface area contributed by atoms with Crippen LogP contribution in [0.2, 0.25) is 0 Å². The largest absolute Gasteiger partial charge is 0.394 e. The van der Waals surface area contributed by atoms with Crippen LogP contribution in [-0.2, 0) is 4.79 Å². The van der Waals surface area contributed by atoms with Gasteiger partial charge in [-0.1, -0.05) is 225 Å². The van der Waals surface area contributed by atoms with Crippen molar-refractivity contribution >= 4 is 5.91 Å². The molecule has 280 valence electrons. The molecule has 0 saturated carbocycles. The molecule has 2 atom stereocenters. The molecule has 0 radical (unpaired) electrons. The summed E-state index contributed by atoms with van der Waals surface area (Å²) in [6.45, 7) is 4.29. The summed E-state index contributed by atoms with van der Waals surface area (Å²) in [5.74, 6) is -0.0669. The van der Waals surface area contributed by atoms with Crippen LogP contribution in [0.5, 0.6) is 0 Å². The van der Waals surface area contributed by atoms with Crippen molar-refractivity contribution in [1.82, 2.24) is 5.32 Å². The Hall–Kier alpha value is -0.870. The van der Waals surface area contributed by atoms with Gasteiger partial charge in [-0.15, -0.1) is 0 Å². The SMILES string of the molecule is CCCCCCCCCCCCCCCCCCCCCCCCCCC/C=C/C(O)C(CO)NC(=O)CCCCCCCCCC. The Bertz CT molecular complexity index is 637. The lowest BCUT2D eigenvalue weighted by molar-refractivity contribution is -0.123. The van der Waals surface area contributed by atoms with Gasteiger partial charge in [0.05, 0.1) is 18.8 Å². The highest BCUT2D eigenvalue weighted by Crippen LogP contribution is 2.16. The van der Waals surface area contributed by atoms with E-state index >= 15 is 0 Å². The van der Waals surface area contributed by atoms with Crippen LogP contribution in [0.1, 0.15) is 239 Å². The molecule has 0 aliphatic carbocycles. The van der Waals surface area contributed by atoms with Crippen molar-refractivity contribution in [3.8, 4) is 0 Å². The monoisotopic (exact) mass is 664 g/mol. The molecule has 0 fully saturated rings. The summed E-state index contributed by atoms with van der Waals surface area (Å²) < 4.78 is 0. The number of allylic oxidation sites excluding steroid dienone is 1. The summed E-state index contributed by atoms with van der Waals surface area (Å²) in [5, 5.41) is 22.9. The highest BCUT2D eigenvalue weighted by Gasteiger charge is 2.17. The standard InChI is InChI=1S/C43H85NO3/c1-3-5-7-9-11-13-14-15-16-17-18-19-20-21-22-23-24-25-26-27-28-29-30-31-32-34-36-38-42(46)41(40-45)44-43(47)39-37-35-33-12-10-8-6-4-2/h36,38,41-42,45-46H,3-35,37,39-40H2,1-2H3,(H,44,47)/b38-36+. The van der Waals surface area contributed by atoms with Gasteiger partial charge in [0.25, 0.3) is 0 Å². The van der Waals surface area contributed by atoms with E-state index in [4.69, 9.17) is 0 Å². The van der Waals surface area contributed by atoms with E-state index in [0.717, 1.165) is 25.7 Å². The van der Waals surface area contributed by atoms with Crippen molar-refractivity contribution in [2.75, 3.05) is 6.61 Å². The molecule has 0 aliphatic rings. The van der Waals surface area contributed by atoms with E-state index < -0.39 is 12.1 Å². The van der Waals surface area contributed by atoms with Crippen molar-refractivity contribution in [1.29, 1.82) is 0 Å². The molecule has 0 aromatic rings. The number of hydrogen-bond acceptors (Lipinski definition) is 3. The number of carbonyl (C=O) groups is 1. The first-order valence-electron chi connectivity index (χ1n) is 21.4. The third-order valence-electron chi connectivity index (χ3n) is 10.0. The summed E-state index contributed by atoms with van der Waals surface area (Å²) in [7, 11) is 0. The first-order chi connectivity index (χ1) is 23.2. The molecule has 47 heavy (non-hydrogen) atoms. The first kappa shape index (κ1) is 46.1. The molecule has 0 bridgehead atoms. The third kappa shape index (κ3) is 36.2. The molecule has 4 heteroatoms. The van der Waals surface area contributed by atoms with Gasteiger partial charge < -0.3 is 15.5 Å². The van der Waals surface area contributed by atoms with Crippen LogP contribution in [0, 0.1) is 0 Å². The molecule has 4 nitrogen and oxygen atoms in total. The van der Waals surface area contributed by atoms with E-state index in [0.29, 0.717) is 6.42 Å². The smallest absolute Gasteiger partial charge is 0.220 e. The number of unbranched alkanes of at least 4 members (excludes halogenated alkanes) is 32. The number of rotatable bonds is 39. The van der Waals surface area contributed by atoms with Crippen LogP contribution < -0.4 is 5.32 Å². The molecule has 0 aromatic carbocycles. The van der Waals surface area contributed by atoms with E-state index in [-0.39, 0.29) is 12.5 Å². The summed E-state index contributed by atoms with van der Waals surface area (Å²) >= 11 is 0. The normalized spacial score (nSPS) is 13.0. The minimum Gasteiger partial charge on any atom is -0.394 e. The topological polar surface area (TPSA) is 69.6 Å². The van der Waals surface area contributed by atoms with Crippen LogP contribution in [0.4, 0.5) is 0 Å². The summed E-state index contributed by atoms with van der Waals surface area (Å²) in [5.41, 5.74) is 0. The van der Waals surface area contributed by atoms with Crippen molar-refractivity contribution in [2.45, 2.75) is 251 Å². The average molecular weight is 664 g/mol. The molecular weight excluding hydrogens is 578 g/mol. The fraction of sp³-hybridized carbons (Fsp3) is 0.930. The van der Waals surface area contributed by atoms with Crippen molar-refractivity contribution in [2.24, 2.45) is 0 Å². The zero-order valence-electron chi connectivity index (χ0n) is 32.1. The predicted octanol–water partition coefficient (Wildman–Crippen LogP) is 13.1. The maximum atomic E-state index is 12.2. The number of aliphatic hydroxyl groups is 2. The van der Waals surface area contributed by atoms with Gasteiger partial charge in [-0.25, -0.2) is 0 Å². The highest BCUT2D eigenvalue weighted by molar-refractivity contribution is 5.76. The van der Waals surface area contributed by atoms with Gasteiger partial charge in [0.1, 0.15) is 0 Å². The lowest BCUT2D eigenvalue weighted by atomic mass is 10.0. The molecule has 1 amide bonds. The minimum absolute atomic E-state index is 0.0669. The van der Waals surface area contributed by atoms with Crippen molar-refractivity contribution in [3.63, 3.8) is 0 Å². The Kier molecular flexibility index (Phi) is 38.8. The second-order valence-electron chi connectivity index (χ2n) is 14.8. The Morgan fingerprint density at radius 2 is 0.787 bits per heavy atom. The third-order valence-corrected chi connectivity index (χ3v) is 10.0. The molecule has 2 unspecified atom stereocenters. The molecule has 0 spiro atoms. The van der Waals surface area contributed by atoms with Gasteiger partial charge in [0.2, 0.25) is 5.91 Å². The Morgan fingerprint density at radius 3 is 1.11 bits per heavy atom. The maximum absolute atomic E-state index is 12.2. The summed E-state index contributed by atoms with van der Waals surface area (Å²) in [4.78, 5) is 12.2. The van der Waals surface area contributed by atoms with E-state index in [9.17, 15) is 15.0 Å². The van der Waals surface area contributed by atoms with Gasteiger partial charge in [0.15, 0.2) is 0 Å². The first-order valence-corrected chi connectivity index (χ1v) is 21.4. The number of hydrogen-bond donors (Lipinski definition) is 3. The van der Waals surface area contributed by atoms with Crippen LogP contribution in [0.3, 0.4) is 0 Å². The van der Waals surface area contributed by atoms with Gasteiger partial charge in [0, 0.05) is 6.42 Å². The quantitative estimate of drug-likeness (QED) is 0.0453. The average Bonchev–Trinajstić information content (AvgIpc) is 3.07. The number of carbonyl (C=O) groups excluding carboxylic acids is 1. The van der Waals surface area contributed by atoms with Gasteiger partial charge in [-0.05, 0) is 19.3 Å². The zero-order valence-corrected chi connectivity index (χ0v) is 32.1. The zero-order chi connectivity index (χ0) is 34.3. The fourth-order valence-corrected chi connectivity index (χ4v) is 6.71. The number of nitrogens with one attached hydrogen (secondary N) is 1. The second-order valence-corrected chi connectivity index (χ2v) is 14.8. The minimum atomic E-state index is -0.832. The van der Waals surface area contributed by atoms with Gasteiger partial charge in [-0.2, -0.15) is 0 Å². The van der Waals surface area contributed by atoms with Crippen molar-refractivity contribution in [3.05, 3.63) is 12.2 Å². The second kappa shape index (κ2) is 39.6. The molecule has 0 rings (SSSR count). The highest BCUT2D eigenvalue weighted by atomic mass is 16.3. The summed E-state index contributed by atoms with van der Waals surface area (Å²) in [6, 6.07) is -0.614.